The smallest absolute Gasteiger partial charge is 0.229 e. The van der Waals surface area contributed by atoms with Gasteiger partial charge in [-0.05, 0) is 26.0 Å². The van der Waals surface area contributed by atoms with Gasteiger partial charge in [0.25, 0.3) is 0 Å². The molecule has 2 saturated heterocycles. The summed E-state index contributed by atoms with van der Waals surface area (Å²) in [5.74, 6) is -0.434. The Kier molecular flexibility index (Phi) is 6.04. The van der Waals surface area contributed by atoms with Crippen LogP contribution in [0.5, 0.6) is 0 Å². The van der Waals surface area contributed by atoms with E-state index in [1.54, 1.807) is 6.07 Å². The Labute approximate surface area is 149 Å². The number of hydrogen-bond acceptors (Lipinski definition) is 4. The normalized spacial score (nSPS) is 26.4. The molecule has 2 atom stereocenters. The molecule has 3 rings (SSSR count). The van der Waals surface area contributed by atoms with Gasteiger partial charge in [0, 0.05) is 51.4 Å². The van der Waals surface area contributed by atoms with Crippen molar-refractivity contribution in [2.75, 3.05) is 46.3 Å². The second-order valence-corrected chi connectivity index (χ2v) is 7.27. The van der Waals surface area contributed by atoms with E-state index >= 15 is 0 Å². The minimum absolute atomic E-state index is 0.0618. The fourth-order valence-corrected chi connectivity index (χ4v) is 3.80. The molecule has 1 aromatic rings. The quantitative estimate of drug-likeness (QED) is 0.890. The number of carbonyl (C=O) groups is 1. The molecule has 6 heteroatoms. The molecule has 5 nitrogen and oxygen atoms in total. The van der Waals surface area contributed by atoms with Crippen LogP contribution in [-0.2, 0) is 11.3 Å². The molecule has 1 N–H and O–H groups in total. The first kappa shape index (κ1) is 18.3. The zero-order valence-corrected chi connectivity index (χ0v) is 14.9. The number of amides is 1. The van der Waals surface area contributed by atoms with Gasteiger partial charge in [-0.25, -0.2) is 4.39 Å². The maximum atomic E-state index is 13.9. The van der Waals surface area contributed by atoms with Gasteiger partial charge in [-0.2, -0.15) is 0 Å². The Hall–Kier alpha value is -1.50. The summed E-state index contributed by atoms with van der Waals surface area (Å²) in [6, 6.07) is 6.86. The zero-order chi connectivity index (χ0) is 17.8. The van der Waals surface area contributed by atoms with Gasteiger partial charge in [0.2, 0.25) is 5.91 Å². The topological polar surface area (TPSA) is 47.0 Å². The minimum Gasteiger partial charge on any atom is -0.392 e. The molecular weight excluding hydrogens is 321 g/mol. The molecule has 0 aliphatic carbocycles. The van der Waals surface area contributed by atoms with Crippen LogP contribution in [0.15, 0.2) is 24.3 Å². The second kappa shape index (κ2) is 8.25. The summed E-state index contributed by atoms with van der Waals surface area (Å²) in [7, 11) is 1.99. The predicted octanol–water partition coefficient (Wildman–Crippen LogP) is 1.17. The Morgan fingerprint density at radius 2 is 2.00 bits per heavy atom. The first-order valence-electron chi connectivity index (χ1n) is 9.16. The molecule has 25 heavy (non-hydrogen) atoms. The molecule has 0 aromatic heterocycles. The summed E-state index contributed by atoms with van der Waals surface area (Å²) in [6.07, 6.45) is 0.986. The average molecular weight is 349 g/mol. The van der Waals surface area contributed by atoms with Gasteiger partial charge >= 0.3 is 0 Å². The van der Waals surface area contributed by atoms with Crippen molar-refractivity contribution in [3.05, 3.63) is 35.6 Å². The molecular formula is C19H28FN3O2. The molecule has 0 radical (unpaired) electrons. The average Bonchev–Trinajstić information content (AvgIpc) is 2.84. The molecule has 2 fully saturated rings. The van der Waals surface area contributed by atoms with E-state index < -0.39 is 6.10 Å². The standard InChI is InChI=1S/C19H28FN3O2/c1-21-10-7-18(24)16(14-21)19(25)23-9-4-8-22(11-12-23)13-15-5-2-3-6-17(15)20/h2-3,5-6,16,18,24H,4,7-14H2,1H3/t16-,18+/m1/s1. The van der Waals surface area contributed by atoms with Crippen molar-refractivity contribution in [2.45, 2.75) is 25.5 Å². The lowest BCUT2D eigenvalue weighted by Gasteiger charge is -2.36. The number of rotatable bonds is 3. The van der Waals surface area contributed by atoms with Gasteiger partial charge in [0.1, 0.15) is 5.82 Å². The highest BCUT2D eigenvalue weighted by Gasteiger charge is 2.35. The van der Waals surface area contributed by atoms with Crippen LogP contribution in [0.3, 0.4) is 0 Å². The number of benzene rings is 1. The fraction of sp³-hybridized carbons (Fsp3) is 0.632. The zero-order valence-electron chi connectivity index (χ0n) is 14.9. The highest BCUT2D eigenvalue weighted by molar-refractivity contribution is 5.79. The lowest BCUT2D eigenvalue weighted by Crippen LogP contribution is -2.50. The van der Waals surface area contributed by atoms with Gasteiger partial charge in [0.15, 0.2) is 0 Å². The third-order valence-electron chi connectivity index (χ3n) is 5.35. The number of halogens is 1. The first-order valence-corrected chi connectivity index (χ1v) is 9.16. The lowest BCUT2D eigenvalue weighted by molar-refractivity contribution is -0.142. The Balaban J connectivity index is 1.57. The molecule has 138 valence electrons. The molecule has 2 aliphatic rings. The van der Waals surface area contributed by atoms with E-state index in [1.165, 1.54) is 6.07 Å². The van der Waals surface area contributed by atoms with Crippen molar-refractivity contribution in [3.8, 4) is 0 Å². The van der Waals surface area contributed by atoms with Gasteiger partial charge in [-0.1, -0.05) is 18.2 Å². The van der Waals surface area contributed by atoms with E-state index in [0.717, 1.165) is 26.1 Å². The van der Waals surface area contributed by atoms with Crippen LogP contribution in [-0.4, -0.2) is 78.1 Å². The fourth-order valence-electron chi connectivity index (χ4n) is 3.80. The van der Waals surface area contributed by atoms with E-state index in [0.29, 0.717) is 38.2 Å². The van der Waals surface area contributed by atoms with E-state index in [-0.39, 0.29) is 17.6 Å². The summed E-state index contributed by atoms with van der Waals surface area (Å²) >= 11 is 0. The number of aliphatic hydroxyl groups excluding tert-OH is 1. The van der Waals surface area contributed by atoms with Crippen molar-refractivity contribution >= 4 is 5.91 Å². The highest BCUT2D eigenvalue weighted by Crippen LogP contribution is 2.20. The second-order valence-electron chi connectivity index (χ2n) is 7.27. The van der Waals surface area contributed by atoms with Crippen molar-refractivity contribution in [3.63, 3.8) is 0 Å². The van der Waals surface area contributed by atoms with Gasteiger partial charge in [-0.3, -0.25) is 9.69 Å². The number of nitrogens with zero attached hydrogens (tertiary/aromatic N) is 3. The minimum atomic E-state index is -0.540. The van der Waals surface area contributed by atoms with Gasteiger partial charge in [0.05, 0.1) is 12.0 Å². The van der Waals surface area contributed by atoms with Crippen molar-refractivity contribution in [1.29, 1.82) is 0 Å². The molecule has 1 aromatic carbocycles. The largest absolute Gasteiger partial charge is 0.392 e. The van der Waals surface area contributed by atoms with Crippen molar-refractivity contribution in [1.82, 2.24) is 14.7 Å². The van der Waals surface area contributed by atoms with Crippen molar-refractivity contribution < 1.29 is 14.3 Å². The Bertz CT molecular complexity index is 598. The van der Waals surface area contributed by atoms with Crippen LogP contribution < -0.4 is 0 Å². The first-order chi connectivity index (χ1) is 12.0. The molecule has 0 saturated carbocycles. The summed E-state index contributed by atoms with van der Waals surface area (Å²) in [5.41, 5.74) is 0.701. The number of carbonyl (C=O) groups excluding carboxylic acids is 1. The van der Waals surface area contributed by atoms with Crippen LogP contribution in [0.25, 0.3) is 0 Å². The lowest BCUT2D eigenvalue weighted by atomic mass is 9.93. The van der Waals surface area contributed by atoms with E-state index in [9.17, 15) is 14.3 Å². The van der Waals surface area contributed by atoms with E-state index in [4.69, 9.17) is 0 Å². The maximum Gasteiger partial charge on any atom is 0.229 e. The molecule has 2 heterocycles. The monoisotopic (exact) mass is 349 g/mol. The number of piperidine rings is 1. The summed E-state index contributed by atoms with van der Waals surface area (Å²) < 4.78 is 13.9. The third-order valence-corrected chi connectivity index (χ3v) is 5.35. The van der Waals surface area contributed by atoms with Crippen LogP contribution in [0.1, 0.15) is 18.4 Å². The van der Waals surface area contributed by atoms with E-state index in [1.807, 2.05) is 24.1 Å². The van der Waals surface area contributed by atoms with Crippen LogP contribution in [0.2, 0.25) is 0 Å². The maximum absolute atomic E-state index is 13.9. The summed E-state index contributed by atoms with van der Waals surface area (Å²) in [6.45, 7) is 4.96. The third kappa shape index (κ3) is 4.57. The predicted molar refractivity (Wildman–Crippen MR) is 94.5 cm³/mol. The van der Waals surface area contributed by atoms with Crippen molar-refractivity contribution in [2.24, 2.45) is 5.92 Å². The molecule has 0 bridgehead atoms. The van der Waals surface area contributed by atoms with Crippen LogP contribution >= 0.6 is 0 Å². The van der Waals surface area contributed by atoms with Crippen LogP contribution in [0, 0.1) is 11.7 Å². The number of aliphatic hydroxyl groups is 1. The summed E-state index contributed by atoms with van der Waals surface area (Å²) in [4.78, 5) is 19.0. The molecule has 0 unspecified atom stereocenters. The molecule has 1 amide bonds. The number of likely N-dealkylation sites (tertiary alicyclic amines) is 1. The SMILES string of the molecule is CN1CC[C@H](O)[C@H](C(=O)N2CCCN(Cc3ccccc3F)CC2)C1. The number of hydrogen-bond donors (Lipinski definition) is 1. The van der Waals surface area contributed by atoms with Gasteiger partial charge < -0.3 is 14.9 Å². The Morgan fingerprint density at radius 1 is 1.20 bits per heavy atom. The van der Waals surface area contributed by atoms with E-state index in [2.05, 4.69) is 9.80 Å². The Morgan fingerprint density at radius 3 is 2.80 bits per heavy atom. The highest BCUT2D eigenvalue weighted by atomic mass is 19.1. The molecule has 0 spiro atoms. The van der Waals surface area contributed by atoms with Gasteiger partial charge in [-0.15, -0.1) is 0 Å². The molecule has 2 aliphatic heterocycles. The van der Waals surface area contributed by atoms with Crippen LogP contribution in [0.4, 0.5) is 4.39 Å². The summed E-state index contributed by atoms with van der Waals surface area (Å²) in [5, 5.41) is 10.2.